The highest BCUT2D eigenvalue weighted by Gasteiger charge is 2.61. The number of rotatable bonds is 6. The molecule has 4 atom stereocenters. The molecule has 0 saturated carbocycles. The third-order valence-electron chi connectivity index (χ3n) is 6.24. The molecule has 8 heteroatoms. The number of hydrogen-bond acceptors (Lipinski definition) is 4. The summed E-state index contributed by atoms with van der Waals surface area (Å²) in [6.45, 7) is 10.2. The molecule has 0 amide bonds. The van der Waals surface area contributed by atoms with E-state index in [1.807, 2.05) is 40.8 Å². The van der Waals surface area contributed by atoms with Gasteiger partial charge in [0.2, 0.25) is 5.79 Å². The SMILES string of the molecule is CC(C)=CCC/C(C)=C/[C@@H]1CC(C)=C[C@]2(C=C(C(I)=CC(=O)O)[C@@]3(I)CC(=O)C(C)=C[C@@]3(I)O2)O1. The van der Waals surface area contributed by atoms with Gasteiger partial charge in [0.05, 0.1) is 9.53 Å². The van der Waals surface area contributed by atoms with Gasteiger partial charge in [-0.1, -0.05) is 51.5 Å². The highest BCUT2D eigenvalue weighted by molar-refractivity contribution is 14.1. The zero-order valence-electron chi connectivity index (χ0n) is 20.6. The van der Waals surface area contributed by atoms with Crippen LogP contribution in [0.1, 0.15) is 60.3 Å². The predicted molar refractivity (Wildman–Crippen MR) is 164 cm³/mol. The Morgan fingerprint density at radius 3 is 2.51 bits per heavy atom. The molecule has 190 valence electrons. The lowest BCUT2D eigenvalue weighted by molar-refractivity contribution is -0.224. The van der Waals surface area contributed by atoms with E-state index in [2.05, 4.69) is 85.0 Å². The Morgan fingerprint density at radius 2 is 1.89 bits per heavy atom. The Hall–Kier alpha value is -0.310. The maximum absolute atomic E-state index is 12.8. The molecule has 0 aromatic heterocycles. The molecule has 3 aliphatic rings. The lowest BCUT2D eigenvalue weighted by Crippen LogP contribution is -2.60. The topological polar surface area (TPSA) is 72.8 Å². The van der Waals surface area contributed by atoms with E-state index in [0.29, 0.717) is 9.15 Å². The van der Waals surface area contributed by atoms with Crippen molar-refractivity contribution in [3.8, 4) is 0 Å². The van der Waals surface area contributed by atoms with Crippen LogP contribution in [0.3, 0.4) is 0 Å². The van der Waals surface area contributed by atoms with Crippen molar-refractivity contribution in [3.63, 3.8) is 0 Å². The van der Waals surface area contributed by atoms with Gasteiger partial charge in [-0.05, 0) is 128 Å². The summed E-state index contributed by atoms with van der Waals surface area (Å²) in [5.74, 6) is -2.18. The van der Waals surface area contributed by atoms with Crippen molar-refractivity contribution >= 4 is 79.5 Å². The molecule has 5 nitrogen and oxygen atoms in total. The van der Waals surface area contributed by atoms with Crippen LogP contribution in [0.4, 0.5) is 0 Å². The molecule has 1 aliphatic carbocycles. The number of ether oxygens (including phenoxy) is 2. The van der Waals surface area contributed by atoms with Gasteiger partial charge < -0.3 is 14.6 Å². The molecule has 0 aromatic carbocycles. The third-order valence-corrected chi connectivity index (χ3v) is 11.4. The van der Waals surface area contributed by atoms with Crippen LogP contribution >= 0.6 is 67.8 Å². The largest absolute Gasteiger partial charge is 0.478 e. The van der Waals surface area contributed by atoms with E-state index < -0.39 is 18.8 Å². The summed E-state index contributed by atoms with van der Waals surface area (Å²) in [7, 11) is 0. The van der Waals surface area contributed by atoms with Crippen molar-refractivity contribution in [3.05, 3.63) is 67.9 Å². The highest BCUT2D eigenvalue weighted by Crippen LogP contribution is 2.60. The zero-order valence-corrected chi connectivity index (χ0v) is 27.1. The smallest absolute Gasteiger partial charge is 0.329 e. The number of carboxylic acid groups (broad SMARTS) is 1. The molecular formula is C27H31I3O5. The highest BCUT2D eigenvalue weighted by atomic mass is 127. The lowest BCUT2D eigenvalue weighted by atomic mass is 9.78. The quantitative estimate of drug-likeness (QED) is 0.129. The average molecular weight is 816 g/mol. The number of alkyl halides is 2. The second kappa shape index (κ2) is 11.2. The summed E-state index contributed by atoms with van der Waals surface area (Å²) in [6.07, 6.45) is 14.1. The minimum atomic E-state index is -1.17. The summed E-state index contributed by atoms with van der Waals surface area (Å²) in [6, 6.07) is 0. The Labute approximate surface area is 248 Å². The number of halogens is 3. The maximum atomic E-state index is 12.8. The first-order chi connectivity index (χ1) is 16.2. The predicted octanol–water partition coefficient (Wildman–Crippen LogP) is 7.69. The number of hydrogen-bond donors (Lipinski definition) is 1. The molecule has 0 saturated heterocycles. The number of aliphatic carboxylic acids is 1. The van der Waals surface area contributed by atoms with Crippen molar-refractivity contribution in [2.75, 3.05) is 0 Å². The van der Waals surface area contributed by atoms with Gasteiger partial charge in [-0.25, -0.2) is 4.79 Å². The molecule has 35 heavy (non-hydrogen) atoms. The summed E-state index contributed by atoms with van der Waals surface area (Å²) < 4.78 is 12.3. The Balaban J connectivity index is 2.08. The molecule has 0 radical (unpaired) electrons. The number of carbonyl (C=O) groups excluding carboxylic acids is 1. The van der Waals surface area contributed by atoms with Crippen LogP contribution in [-0.2, 0) is 19.1 Å². The fourth-order valence-electron chi connectivity index (χ4n) is 4.61. The molecule has 3 rings (SSSR count). The van der Waals surface area contributed by atoms with E-state index in [0.717, 1.165) is 30.4 Å². The second-order valence-electron chi connectivity index (χ2n) is 9.77. The Morgan fingerprint density at radius 1 is 1.20 bits per heavy atom. The summed E-state index contributed by atoms with van der Waals surface area (Å²) >= 11 is 6.57. The third kappa shape index (κ3) is 6.58. The second-order valence-corrected chi connectivity index (χ2v) is 14.4. The minimum absolute atomic E-state index is 0.0285. The van der Waals surface area contributed by atoms with Gasteiger partial charge in [-0.15, -0.1) is 0 Å². The van der Waals surface area contributed by atoms with Crippen LogP contribution in [0, 0.1) is 0 Å². The molecule has 0 fully saturated rings. The van der Waals surface area contributed by atoms with Crippen LogP contribution in [0.25, 0.3) is 0 Å². The molecule has 2 heterocycles. The lowest BCUT2D eigenvalue weighted by Gasteiger charge is -2.54. The van der Waals surface area contributed by atoms with Crippen molar-refractivity contribution in [1.29, 1.82) is 0 Å². The first kappa shape index (κ1) is 29.2. The number of ketones is 1. The first-order valence-corrected chi connectivity index (χ1v) is 14.7. The molecule has 1 spiro atoms. The van der Waals surface area contributed by atoms with Crippen molar-refractivity contribution in [1.82, 2.24) is 0 Å². The van der Waals surface area contributed by atoms with E-state index >= 15 is 0 Å². The molecule has 2 aliphatic heterocycles. The normalized spacial score (nSPS) is 33.5. The average Bonchev–Trinajstić information content (AvgIpc) is 2.68. The van der Waals surface area contributed by atoms with Crippen LogP contribution in [0.2, 0.25) is 0 Å². The number of Topliss-reactive ketones (excluding diaryl/α,β-unsaturated/α-hetero) is 1. The van der Waals surface area contributed by atoms with Gasteiger partial charge in [-0.2, -0.15) is 0 Å². The van der Waals surface area contributed by atoms with Gasteiger partial charge >= 0.3 is 5.97 Å². The Kier molecular flexibility index (Phi) is 9.36. The van der Waals surface area contributed by atoms with E-state index in [1.165, 1.54) is 17.2 Å². The van der Waals surface area contributed by atoms with Gasteiger partial charge in [0, 0.05) is 16.1 Å². The van der Waals surface area contributed by atoms with E-state index in [9.17, 15) is 14.7 Å². The van der Waals surface area contributed by atoms with Gasteiger partial charge in [-0.3, -0.25) is 4.79 Å². The fourth-order valence-corrected chi connectivity index (χ4v) is 8.36. The van der Waals surface area contributed by atoms with E-state index in [4.69, 9.17) is 9.47 Å². The first-order valence-electron chi connectivity index (χ1n) is 11.5. The van der Waals surface area contributed by atoms with Gasteiger partial charge in [0.15, 0.2) is 9.39 Å². The number of carboxylic acids is 1. The molecule has 0 bridgehead atoms. The van der Waals surface area contributed by atoms with Gasteiger partial charge in [0.1, 0.15) is 0 Å². The van der Waals surface area contributed by atoms with Crippen molar-refractivity contribution in [2.45, 2.75) is 79.2 Å². The van der Waals surface area contributed by atoms with Gasteiger partial charge in [0.25, 0.3) is 0 Å². The van der Waals surface area contributed by atoms with Crippen molar-refractivity contribution < 1.29 is 24.2 Å². The standard InChI is InChI=1S/C27H31I3O5/c1-16(2)7-6-8-17(3)9-20-10-18(4)12-25(34-20)14-21(22(28)11-24(32)33)26(29)15-23(31)19(5)13-27(26,30)35-25/h7,9,11-14,20H,6,8,10,15H2,1-5H3,(H,32,33)/b17-9+,22-11?/t20-,25+,26+,27-/m1/s1. The van der Waals surface area contributed by atoms with Crippen molar-refractivity contribution in [2.24, 2.45) is 0 Å². The molecule has 1 N–H and O–H groups in total. The monoisotopic (exact) mass is 816 g/mol. The number of carbonyl (C=O) groups is 2. The number of allylic oxidation sites excluding steroid dienone is 5. The summed E-state index contributed by atoms with van der Waals surface area (Å²) in [5, 5.41) is 9.47. The van der Waals surface area contributed by atoms with Crippen LogP contribution < -0.4 is 0 Å². The summed E-state index contributed by atoms with van der Waals surface area (Å²) in [5.41, 5.74) is 5.09. The van der Waals surface area contributed by atoms with E-state index in [-0.39, 0.29) is 18.3 Å². The number of fused-ring (bicyclic) bond motifs is 1. The van der Waals surface area contributed by atoms with Crippen LogP contribution in [0.15, 0.2) is 67.9 Å². The summed E-state index contributed by atoms with van der Waals surface area (Å²) in [4.78, 5) is 24.3. The maximum Gasteiger partial charge on any atom is 0.329 e. The molecule has 0 aromatic rings. The van der Waals surface area contributed by atoms with Crippen LogP contribution in [0.5, 0.6) is 0 Å². The Bertz CT molecular complexity index is 1110. The fraction of sp³-hybridized carbons (Fsp3) is 0.481. The molecule has 0 unspecified atom stereocenters. The zero-order chi connectivity index (χ0) is 26.2. The minimum Gasteiger partial charge on any atom is -0.478 e. The molecular weight excluding hydrogens is 785 g/mol. The van der Waals surface area contributed by atoms with Crippen LogP contribution in [-0.4, -0.2) is 35.8 Å². The van der Waals surface area contributed by atoms with E-state index in [1.54, 1.807) is 6.92 Å².